The molecule has 1 fully saturated rings. The summed E-state index contributed by atoms with van der Waals surface area (Å²) in [6.07, 6.45) is 9.28. The lowest BCUT2D eigenvalue weighted by molar-refractivity contribution is 0.0779. The molecule has 0 atom stereocenters. The normalized spacial score (nSPS) is 20.8. The summed E-state index contributed by atoms with van der Waals surface area (Å²) in [5.41, 5.74) is 8.48. The molecule has 2 heterocycles. The molecule has 1 saturated carbocycles. The van der Waals surface area contributed by atoms with Crippen LogP contribution in [-0.4, -0.2) is 43.9 Å². The number of rotatable bonds is 4. The molecule has 2 N–H and O–H groups in total. The molecule has 0 radical (unpaired) electrons. The van der Waals surface area contributed by atoms with Crippen LogP contribution in [0.2, 0.25) is 0 Å². The van der Waals surface area contributed by atoms with Crippen LogP contribution < -0.4 is 5.73 Å². The van der Waals surface area contributed by atoms with Crippen LogP contribution >= 0.6 is 0 Å². The van der Waals surface area contributed by atoms with E-state index in [1.807, 2.05) is 17.7 Å². The predicted molar refractivity (Wildman–Crippen MR) is 90.3 cm³/mol. The standard InChI is InChI=1S/C17H24N6O/c1-12-9-19-8-7-13(12)10-22(2)17(24)16-11-23(21-20-16)15-5-3-14(18)4-6-15/h7-9,11,14-15H,3-6,10,18H2,1-2H3. The Bertz CT molecular complexity index is 705. The molecular formula is C17H24N6O. The van der Waals surface area contributed by atoms with Gasteiger partial charge in [0.25, 0.3) is 5.91 Å². The van der Waals surface area contributed by atoms with Gasteiger partial charge in [0.1, 0.15) is 0 Å². The molecule has 3 rings (SSSR count). The van der Waals surface area contributed by atoms with E-state index in [1.54, 1.807) is 30.5 Å². The van der Waals surface area contributed by atoms with Crippen LogP contribution in [0.1, 0.15) is 53.3 Å². The van der Waals surface area contributed by atoms with Gasteiger partial charge in [-0.3, -0.25) is 9.78 Å². The first-order valence-corrected chi connectivity index (χ1v) is 8.37. The van der Waals surface area contributed by atoms with Gasteiger partial charge >= 0.3 is 0 Å². The van der Waals surface area contributed by atoms with Gasteiger partial charge in [0, 0.05) is 32.0 Å². The zero-order valence-electron chi connectivity index (χ0n) is 14.2. The van der Waals surface area contributed by atoms with Crippen LogP contribution in [0.5, 0.6) is 0 Å². The number of carbonyl (C=O) groups excluding carboxylic acids is 1. The summed E-state index contributed by atoms with van der Waals surface area (Å²) >= 11 is 0. The Kier molecular flexibility index (Phi) is 4.89. The van der Waals surface area contributed by atoms with Gasteiger partial charge < -0.3 is 10.6 Å². The average molecular weight is 328 g/mol. The highest BCUT2D eigenvalue weighted by Gasteiger charge is 2.23. The fraction of sp³-hybridized carbons (Fsp3) is 0.529. The third kappa shape index (κ3) is 3.62. The molecule has 0 unspecified atom stereocenters. The minimum Gasteiger partial charge on any atom is -0.336 e. The Morgan fingerprint density at radius 3 is 2.83 bits per heavy atom. The number of aryl methyl sites for hydroxylation is 1. The molecule has 0 aliphatic heterocycles. The van der Waals surface area contributed by atoms with E-state index in [-0.39, 0.29) is 5.91 Å². The van der Waals surface area contributed by atoms with E-state index in [2.05, 4.69) is 15.3 Å². The van der Waals surface area contributed by atoms with Crippen molar-refractivity contribution in [3.63, 3.8) is 0 Å². The van der Waals surface area contributed by atoms with Crippen molar-refractivity contribution in [1.82, 2.24) is 24.9 Å². The second-order valence-corrected chi connectivity index (χ2v) is 6.62. The maximum Gasteiger partial charge on any atom is 0.276 e. The van der Waals surface area contributed by atoms with Crippen LogP contribution in [-0.2, 0) is 6.54 Å². The van der Waals surface area contributed by atoms with E-state index in [0.29, 0.717) is 24.3 Å². The molecule has 2 aromatic heterocycles. The lowest BCUT2D eigenvalue weighted by Crippen LogP contribution is -2.28. The zero-order chi connectivity index (χ0) is 17.1. The highest BCUT2D eigenvalue weighted by Crippen LogP contribution is 2.26. The van der Waals surface area contributed by atoms with Gasteiger partial charge in [0.15, 0.2) is 5.69 Å². The summed E-state index contributed by atoms with van der Waals surface area (Å²) in [5.74, 6) is -0.120. The van der Waals surface area contributed by atoms with Gasteiger partial charge in [-0.25, -0.2) is 4.68 Å². The lowest BCUT2D eigenvalue weighted by atomic mass is 9.92. The van der Waals surface area contributed by atoms with Crippen LogP contribution in [0.3, 0.4) is 0 Å². The highest BCUT2D eigenvalue weighted by atomic mass is 16.2. The Hall–Kier alpha value is -2.28. The van der Waals surface area contributed by atoms with Crippen molar-refractivity contribution in [1.29, 1.82) is 0 Å². The lowest BCUT2D eigenvalue weighted by Gasteiger charge is -2.25. The molecule has 128 valence electrons. The summed E-state index contributed by atoms with van der Waals surface area (Å²) in [4.78, 5) is 18.3. The molecule has 7 nitrogen and oxygen atoms in total. The summed E-state index contributed by atoms with van der Waals surface area (Å²) in [5, 5.41) is 8.23. The molecule has 0 aromatic carbocycles. The van der Waals surface area contributed by atoms with Crippen LogP contribution in [0.15, 0.2) is 24.7 Å². The number of nitrogens with zero attached hydrogens (tertiary/aromatic N) is 5. The molecule has 0 spiro atoms. The summed E-state index contributed by atoms with van der Waals surface area (Å²) in [7, 11) is 1.78. The predicted octanol–water partition coefficient (Wildman–Crippen LogP) is 1.70. The van der Waals surface area contributed by atoms with Gasteiger partial charge in [-0.1, -0.05) is 5.21 Å². The minimum absolute atomic E-state index is 0.120. The number of hydrogen-bond donors (Lipinski definition) is 1. The number of amides is 1. The monoisotopic (exact) mass is 328 g/mol. The second kappa shape index (κ2) is 7.09. The first-order valence-electron chi connectivity index (χ1n) is 8.37. The van der Waals surface area contributed by atoms with Crippen molar-refractivity contribution in [3.05, 3.63) is 41.5 Å². The van der Waals surface area contributed by atoms with E-state index in [9.17, 15) is 4.79 Å². The summed E-state index contributed by atoms with van der Waals surface area (Å²) < 4.78 is 1.82. The number of hydrogen-bond acceptors (Lipinski definition) is 5. The SMILES string of the molecule is Cc1cnccc1CN(C)C(=O)c1cn(C2CCC(N)CC2)nn1. The highest BCUT2D eigenvalue weighted by molar-refractivity contribution is 5.91. The molecule has 0 bridgehead atoms. The summed E-state index contributed by atoms with van der Waals surface area (Å²) in [6, 6.07) is 2.52. The Labute approximate surface area is 141 Å². The summed E-state index contributed by atoms with van der Waals surface area (Å²) in [6.45, 7) is 2.52. The van der Waals surface area contributed by atoms with Crippen molar-refractivity contribution < 1.29 is 4.79 Å². The van der Waals surface area contributed by atoms with Gasteiger partial charge in [-0.05, 0) is 49.8 Å². The molecule has 0 saturated heterocycles. The third-order valence-corrected chi connectivity index (χ3v) is 4.74. The van der Waals surface area contributed by atoms with Crippen LogP contribution in [0.25, 0.3) is 0 Å². The molecule has 7 heteroatoms. The van der Waals surface area contributed by atoms with Crippen molar-refractivity contribution >= 4 is 5.91 Å². The number of aromatic nitrogens is 4. The van der Waals surface area contributed by atoms with E-state index >= 15 is 0 Å². The fourth-order valence-electron chi connectivity index (χ4n) is 3.12. The molecule has 1 aliphatic carbocycles. The smallest absolute Gasteiger partial charge is 0.276 e. The van der Waals surface area contributed by atoms with E-state index in [0.717, 1.165) is 36.8 Å². The second-order valence-electron chi connectivity index (χ2n) is 6.62. The topological polar surface area (TPSA) is 89.9 Å². The molecule has 1 amide bonds. The Balaban J connectivity index is 1.66. The maximum absolute atomic E-state index is 12.6. The van der Waals surface area contributed by atoms with E-state index in [1.165, 1.54) is 0 Å². The fourth-order valence-corrected chi connectivity index (χ4v) is 3.12. The Morgan fingerprint density at radius 1 is 1.38 bits per heavy atom. The maximum atomic E-state index is 12.6. The average Bonchev–Trinajstić information content (AvgIpc) is 3.07. The van der Waals surface area contributed by atoms with Gasteiger partial charge in [-0.15, -0.1) is 5.10 Å². The number of carbonyl (C=O) groups is 1. The third-order valence-electron chi connectivity index (χ3n) is 4.74. The zero-order valence-corrected chi connectivity index (χ0v) is 14.2. The van der Waals surface area contributed by atoms with Gasteiger partial charge in [0.2, 0.25) is 0 Å². The van der Waals surface area contributed by atoms with Crippen LogP contribution in [0, 0.1) is 6.92 Å². The molecule has 2 aromatic rings. The van der Waals surface area contributed by atoms with Crippen molar-refractivity contribution in [2.45, 2.75) is 51.2 Å². The quantitative estimate of drug-likeness (QED) is 0.922. The van der Waals surface area contributed by atoms with Crippen LogP contribution in [0.4, 0.5) is 0 Å². The van der Waals surface area contributed by atoms with Gasteiger partial charge in [0.05, 0.1) is 12.2 Å². The first kappa shape index (κ1) is 16.6. The van der Waals surface area contributed by atoms with E-state index in [4.69, 9.17) is 5.73 Å². The van der Waals surface area contributed by atoms with Gasteiger partial charge in [-0.2, -0.15) is 0 Å². The number of pyridine rings is 1. The van der Waals surface area contributed by atoms with Crippen molar-refractivity contribution in [2.75, 3.05) is 7.05 Å². The van der Waals surface area contributed by atoms with Crippen molar-refractivity contribution in [3.8, 4) is 0 Å². The molecule has 24 heavy (non-hydrogen) atoms. The van der Waals surface area contributed by atoms with Crippen molar-refractivity contribution in [2.24, 2.45) is 5.73 Å². The van der Waals surface area contributed by atoms with E-state index < -0.39 is 0 Å². The first-order chi connectivity index (χ1) is 11.5. The molecule has 1 aliphatic rings. The largest absolute Gasteiger partial charge is 0.336 e. The molecular weight excluding hydrogens is 304 g/mol. The Morgan fingerprint density at radius 2 is 2.12 bits per heavy atom. The number of nitrogens with two attached hydrogens (primary N) is 1. The minimum atomic E-state index is -0.120.